The summed E-state index contributed by atoms with van der Waals surface area (Å²) in [6.07, 6.45) is 32.3. The van der Waals surface area contributed by atoms with Crippen LogP contribution in [-0.2, 0) is 23.4 Å². The van der Waals surface area contributed by atoms with E-state index in [2.05, 4.69) is 18.4 Å². The minimum absolute atomic E-state index is 0.0858. The van der Waals surface area contributed by atoms with Crippen LogP contribution in [0.15, 0.2) is 0 Å². The number of rotatable bonds is 34. The van der Waals surface area contributed by atoms with E-state index in [-0.39, 0.29) is 19.2 Å². The Bertz CT molecular complexity index is 611. The Kier molecular flexibility index (Phi) is 31.6. The maximum Gasteiger partial charge on any atom is 0.469 e. The number of esters is 1. The first kappa shape index (κ1) is 41.5. The van der Waals surface area contributed by atoms with E-state index < -0.39 is 13.9 Å². The number of unbranched alkanes of at least 4 members (excludes halogenated alkanes) is 24. The number of carbonyl (C=O) groups excluding carboxylic acids is 1. The fourth-order valence-corrected chi connectivity index (χ4v) is 5.63. The van der Waals surface area contributed by atoms with Crippen LogP contribution in [0.2, 0.25) is 0 Å². The number of hydrogen-bond donors (Lipinski definition) is 2. The van der Waals surface area contributed by atoms with Crippen molar-refractivity contribution in [2.75, 3.05) is 19.8 Å². The minimum atomic E-state index is -4.64. The molecule has 0 heterocycles. The van der Waals surface area contributed by atoms with Gasteiger partial charge in [-0.25, -0.2) is 4.57 Å². The summed E-state index contributed by atoms with van der Waals surface area (Å²) in [5, 5.41) is 0. The van der Waals surface area contributed by atoms with Gasteiger partial charge in [-0.2, -0.15) is 0 Å². The molecule has 1 atom stereocenters. The Morgan fingerprint density at radius 2 is 0.905 bits per heavy atom. The molecular weight excluding hydrogens is 551 g/mol. The predicted molar refractivity (Wildman–Crippen MR) is 175 cm³/mol. The van der Waals surface area contributed by atoms with Crippen molar-refractivity contribution < 1.29 is 33.1 Å². The summed E-state index contributed by atoms with van der Waals surface area (Å²) in [4.78, 5) is 30.4. The molecule has 0 saturated carbocycles. The molecule has 0 aromatic heterocycles. The van der Waals surface area contributed by atoms with E-state index in [4.69, 9.17) is 19.3 Å². The van der Waals surface area contributed by atoms with Gasteiger partial charge in [-0.3, -0.25) is 9.32 Å². The van der Waals surface area contributed by atoms with Gasteiger partial charge in [0.2, 0.25) is 0 Å². The second-order valence-corrected chi connectivity index (χ2v) is 13.4. The average Bonchev–Trinajstić information content (AvgIpc) is 2.95. The molecule has 0 radical (unpaired) electrons. The number of hydrogen-bond acceptors (Lipinski definition) is 5. The average molecular weight is 621 g/mol. The predicted octanol–water partition coefficient (Wildman–Crippen LogP) is 10.6. The highest BCUT2D eigenvalue weighted by Crippen LogP contribution is 2.35. The summed E-state index contributed by atoms with van der Waals surface area (Å²) in [6, 6.07) is 0. The summed E-state index contributed by atoms with van der Waals surface area (Å²) < 4.78 is 26.8. The molecule has 0 amide bonds. The molecular formula is C34H69O7P. The standard InChI is InChI=1S/C34H69O7P/c1-3-5-7-9-11-13-15-17-18-19-21-23-25-27-29-34(35)41-33(32-40-42(36,37)38)31-39-30-28-26-24-22-20-16-14-12-10-8-6-4-2/h33H,3-32H2,1-2H3,(H2,36,37,38)/t33-/m1/s1. The smallest absolute Gasteiger partial charge is 0.457 e. The molecule has 0 aliphatic heterocycles. The van der Waals surface area contributed by atoms with Gasteiger partial charge >= 0.3 is 13.8 Å². The summed E-state index contributed by atoms with van der Waals surface area (Å²) in [7, 11) is -4.64. The lowest BCUT2D eigenvalue weighted by Gasteiger charge is -2.18. The summed E-state index contributed by atoms with van der Waals surface area (Å²) in [5.74, 6) is -0.359. The van der Waals surface area contributed by atoms with Crippen molar-refractivity contribution >= 4 is 13.8 Å². The van der Waals surface area contributed by atoms with Crippen molar-refractivity contribution in [1.29, 1.82) is 0 Å². The summed E-state index contributed by atoms with van der Waals surface area (Å²) in [5.41, 5.74) is 0. The van der Waals surface area contributed by atoms with Crippen LogP contribution in [-0.4, -0.2) is 41.7 Å². The molecule has 42 heavy (non-hydrogen) atoms. The van der Waals surface area contributed by atoms with E-state index in [0.29, 0.717) is 13.0 Å². The van der Waals surface area contributed by atoms with Crippen LogP contribution in [0, 0.1) is 0 Å². The molecule has 0 rings (SSSR count). The van der Waals surface area contributed by atoms with Crippen LogP contribution in [0.5, 0.6) is 0 Å². The van der Waals surface area contributed by atoms with Crippen LogP contribution < -0.4 is 0 Å². The summed E-state index contributed by atoms with van der Waals surface area (Å²) in [6.45, 7) is 4.77. The fourth-order valence-electron chi connectivity index (χ4n) is 5.26. The SMILES string of the molecule is CCCCCCCCCCCCCCCCC(=O)O[C@H](COCCCCCCCCCCCCCC)COP(=O)(O)O. The van der Waals surface area contributed by atoms with E-state index in [0.717, 1.165) is 32.1 Å². The van der Waals surface area contributed by atoms with Gasteiger partial charge in [0.25, 0.3) is 0 Å². The monoisotopic (exact) mass is 620 g/mol. The van der Waals surface area contributed by atoms with Gasteiger partial charge in [-0.05, 0) is 12.8 Å². The Morgan fingerprint density at radius 3 is 1.29 bits per heavy atom. The lowest BCUT2D eigenvalue weighted by Crippen LogP contribution is -2.28. The van der Waals surface area contributed by atoms with Crippen LogP contribution in [0.3, 0.4) is 0 Å². The topological polar surface area (TPSA) is 102 Å². The zero-order valence-electron chi connectivity index (χ0n) is 27.7. The van der Waals surface area contributed by atoms with Crippen molar-refractivity contribution in [3.8, 4) is 0 Å². The van der Waals surface area contributed by atoms with Gasteiger partial charge in [0.15, 0.2) is 0 Å². The molecule has 0 aromatic rings. The first-order valence-corrected chi connectivity index (χ1v) is 19.4. The van der Waals surface area contributed by atoms with Crippen molar-refractivity contribution in [2.24, 2.45) is 0 Å². The highest BCUT2D eigenvalue weighted by molar-refractivity contribution is 7.46. The minimum Gasteiger partial charge on any atom is -0.457 e. The Hall–Kier alpha value is -0.460. The number of carbonyl (C=O) groups is 1. The molecule has 0 saturated heterocycles. The Labute approximate surface area is 259 Å². The van der Waals surface area contributed by atoms with E-state index >= 15 is 0 Å². The first-order chi connectivity index (χ1) is 20.4. The van der Waals surface area contributed by atoms with Gasteiger partial charge in [0.1, 0.15) is 6.10 Å². The van der Waals surface area contributed by atoms with Crippen molar-refractivity contribution in [3.05, 3.63) is 0 Å². The Balaban J connectivity index is 3.81. The van der Waals surface area contributed by atoms with Gasteiger partial charge < -0.3 is 19.3 Å². The fraction of sp³-hybridized carbons (Fsp3) is 0.971. The van der Waals surface area contributed by atoms with Crippen molar-refractivity contribution in [2.45, 2.75) is 193 Å². The molecule has 8 heteroatoms. The zero-order chi connectivity index (χ0) is 31.0. The molecule has 2 N–H and O–H groups in total. The van der Waals surface area contributed by atoms with Gasteiger partial charge in [-0.1, -0.05) is 168 Å². The van der Waals surface area contributed by atoms with E-state index in [1.165, 1.54) is 135 Å². The molecule has 252 valence electrons. The Morgan fingerprint density at radius 1 is 0.548 bits per heavy atom. The molecule has 0 aliphatic carbocycles. The molecule has 0 aromatic carbocycles. The van der Waals surface area contributed by atoms with Gasteiger partial charge in [-0.15, -0.1) is 0 Å². The molecule has 7 nitrogen and oxygen atoms in total. The largest absolute Gasteiger partial charge is 0.469 e. The van der Waals surface area contributed by atoms with E-state index in [1.54, 1.807) is 0 Å². The second-order valence-electron chi connectivity index (χ2n) is 12.2. The van der Waals surface area contributed by atoms with Crippen molar-refractivity contribution in [1.82, 2.24) is 0 Å². The maximum absolute atomic E-state index is 12.3. The number of ether oxygens (including phenoxy) is 2. The quantitative estimate of drug-likeness (QED) is 0.0419. The first-order valence-electron chi connectivity index (χ1n) is 17.9. The maximum atomic E-state index is 12.3. The van der Waals surface area contributed by atoms with Crippen LogP contribution >= 0.6 is 7.82 Å². The second kappa shape index (κ2) is 31.9. The molecule has 0 fully saturated rings. The lowest BCUT2D eigenvalue weighted by atomic mass is 10.0. The summed E-state index contributed by atoms with van der Waals surface area (Å²) >= 11 is 0. The van der Waals surface area contributed by atoms with Gasteiger partial charge in [0.05, 0.1) is 13.2 Å². The van der Waals surface area contributed by atoms with Crippen LogP contribution in [0.25, 0.3) is 0 Å². The highest BCUT2D eigenvalue weighted by Gasteiger charge is 2.21. The van der Waals surface area contributed by atoms with Crippen molar-refractivity contribution in [3.63, 3.8) is 0 Å². The third-order valence-corrected chi connectivity index (χ3v) is 8.39. The highest BCUT2D eigenvalue weighted by atomic mass is 31.2. The molecule has 0 unspecified atom stereocenters. The zero-order valence-corrected chi connectivity index (χ0v) is 28.6. The number of phosphoric acid groups is 1. The third-order valence-electron chi connectivity index (χ3n) is 7.91. The van der Waals surface area contributed by atoms with E-state index in [1.807, 2.05) is 0 Å². The van der Waals surface area contributed by atoms with Gasteiger partial charge in [0, 0.05) is 13.0 Å². The third kappa shape index (κ3) is 34.0. The van der Waals surface area contributed by atoms with Crippen LogP contribution in [0.1, 0.15) is 187 Å². The number of phosphoric ester groups is 1. The van der Waals surface area contributed by atoms with Crippen LogP contribution in [0.4, 0.5) is 0 Å². The van der Waals surface area contributed by atoms with E-state index in [9.17, 15) is 9.36 Å². The molecule has 0 aliphatic rings. The normalized spacial score (nSPS) is 12.6. The lowest BCUT2D eigenvalue weighted by molar-refractivity contribution is -0.154. The molecule has 0 spiro atoms. The molecule has 0 bridgehead atoms.